The van der Waals surface area contributed by atoms with Crippen molar-refractivity contribution >= 4 is 12.0 Å². The van der Waals surface area contributed by atoms with Crippen LogP contribution in [-0.4, -0.2) is 79.3 Å². The second-order valence-electron chi connectivity index (χ2n) is 9.82. The molecule has 3 aliphatic heterocycles. The van der Waals surface area contributed by atoms with E-state index in [2.05, 4.69) is 32.2 Å². The van der Waals surface area contributed by atoms with Gasteiger partial charge in [-0.05, 0) is 40.0 Å². The second kappa shape index (κ2) is 8.37. The minimum absolute atomic E-state index is 0.00246. The normalized spacial score (nSPS) is 38.9. The molecule has 0 radical (unpaired) electrons. The molecule has 2 amide bonds. The van der Waals surface area contributed by atoms with Crippen LogP contribution >= 0.6 is 0 Å². The zero-order valence-corrected chi connectivity index (χ0v) is 19.3. The molecule has 4 aliphatic rings. The number of hydrogen-bond donors (Lipinski definition) is 1. The Labute approximate surface area is 184 Å². The molecule has 174 valence electrons. The summed E-state index contributed by atoms with van der Waals surface area (Å²) in [5.74, 6) is 0.0164. The standard InChI is InChI=1S/C23H36N2O6/c1-6-18(26)24-15-11-25(12-15)21(27)30-16-9-10-23(13-29-23)20(19(16)28-5)22(4)17(31-22)8-7-14(2)3/h7,15-17,19-20H,6,8-13H2,1-5H3,(H,24,26)/t16?,17-,19?,20?,22+,23?/m1/s1. The van der Waals surface area contributed by atoms with E-state index in [9.17, 15) is 9.59 Å². The van der Waals surface area contributed by atoms with Crippen molar-refractivity contribution in [1.82, 2.24) is 10.2 Å². The van der Waals surface area contributed by atoms with Gasteiger partial charge in [0.05, 0.1) is 24.7 Å². The van der Waals surface area contributed by atoms with Crippen LogP contribution in [0.4, 0.5) is 4.79 Å². The number of ether oxygens (including phenoxy) is 4. The third-order valence-electron chi connectivity index (χ3n) is 7.32. The number of epoxide rings is 2. The molecule has 0 aromatic carbocycles. The Kier molecular flexibility index (Phi) is 6.09. The fourth-order valence-electron chi connectivity index (χ4n) is 5.32. The highest BCUT2D eigenvalue weighted by Crippen LogP contribution is 2.59. The number of hydrogen-bond acceptors (Lipinski definition) is 6. The fraction of sp³-hybridized carbons (Fsp3) is 0.826. The molecular formula is C23H36N2O6. The Morgan fingerprint density at radius 1 is 1.29 bits per heavy atom. The molecule has 1 saturated carbocycles. The fourth-order valence-corrected chi connectivity index (χ4v) is 5.32. The lowest BCUT2D eigenvalue weighted by molar-refractivity contribution is -0.126. The molecule has 3 saturated heterocycles. The minimum atomic E-state index is -0.347. The first kappa shape index (κ1) is 22.6. The van der Waals surface area contributed by atoms with E-state index in [-0.39, 0.29) is 53.5 Å². The van der Waals surface area contributed by atoms with E-state index < -0.39 is 0 Å². The van der Waals surface area contributed by atoms with Gasteiger partial charge >= 0.3 is 6.09 Å². The minimum Gasteiger partial charge on any atom is -0.443 e. The Hall–Kier alpha value is -1.64. The van der Waals surface area contributed by atoms with Gasteiger partial charge in [0.1, 0.15) is 23.4 Å². The van der Waals surface area contributed by atoms with Crippen LogP contribution < -0.4 is 5.32 Å². The molecule has 31 heavy (non-hydrogen) atoms. The number of amides is 2. The Bertz CT molecular complexity index is 740. The topological polar surface area (TPSA) is 92.9 Å². The first-order valence-corrected chi connectivity index (χ1v) is 11.4. The van der Waals surface area contributed by atoms with Gasteiger partial charge in [-0.2, -0.15) is 0 Å². The molecule has 1 aliphatic carbocycles. The first-order chi connectivity index (χ1) is 14.7. The van der Waals surface area contributed by atoms with Crippen molar-refractivity contribution in [2.24, 2.45) is 5.92 Å². The lowest BCUT2D eigenvalue weighted by Crippen LogP contribution is -2.62. The highest BCUT2D eigenvalue weighted by molar-refractivity contribution is 5.76. The summed E-state index contributed by atoms with van der Waals surface area (Å²) in [4.78, 5) is 25.9. The predicted octanol–water partition coefficient (Wildman–Crippen LogP) is 2.41. The van der Waals surface area contributed by atoms with Crippen LogP contribution in [0.3, 0.4) is 0 Å². The van der Waals surface area contributed by atoms with Gasteiger partial charge < -0.3 is 29.2 Å². The molecule has 1 N–H and O–H groups in total. The molecule has 8 heteroatoms. The van der Waals surface area contributed by atoms with Crippen molar-refractivity contribution in [3.63, 3.8) is 0 Å². The van der Waals surface area contributed by atoms with E-state index in [0.717, 1.165) is 12.8 Å². The smallest absolute Gasteiger partial charge is 0.410 e. The van der Waals surface area contributed by atoms with Crippen LogP contribution in [0.5, 0.6) is 0 Å². The van der Waals surface area contributed by atoms with Crippen LogP contribution in [0.2, 0.25) is 0 Å². The monoisotopic (exact) mass is 436 g/mol. The lowest BCUT2D eigenvalue weighted by atomic mass is 9.68. The number of nitrogens with one attached hydrogen (secondary N) is 1. The van der Waals surface area contributed by atoms with E-state index in [4.69, 9.17) is 18.9 Å². The molecule has 6 atom stereocenters. The van der Waals surface area contributed by atoms with Crippen molar-refractivity contribution in [1.29, 1.82) is 0 Å². The summed E-state index contributed by atoms with van der Waals surface area (Å²) in [5, 5.41) is 2.90. The van der Waals surface area contributed by atoms with Crippen molar-refractivity contribution in [2.45, 2.75) is 88.9 Å². The van der Waals surface area contributed by atoms with Crippen molar-refractivity contribution in [3.05, 3.63) is 11.6 Å². The van der Waals surface area contributed by atoms with Gasteiger partial charge in [0.15, 0.2) is 0 Å². The van der Waals surface area contributed by atoms with Crippen LogP contribution in [0.1, 0.15) is 53.4 Å². The maximum Gasteiger partial charge on any atom is 0.410 e. The summed E-state index contributed by atoms with van der Waals surface area (Å²) < 4.78 is 24.0. The van der Waals surface area contributed by atoms with Gasteiger partial charge in [-0.1, -0.05) is 18.6 Å². The lowest BCUT2D eigenvalue weighted by Gasteiger charge is -2.44. The maximum atomic E-state index is 12.7. The number of likely N-dealkylation sites (tertiary alicyclic amines) is 1. The Morgan fingerprint density at radius 2 is 2.00 bits per heavy atom. The molecule has 0 bridgehead atoms. The van der Waals surface area contributed by atoms with Crippen LogP contribution in [0.15, 0.2) is 11.6 Å². The number of carbonyl (C=O) groups excluding carboxylic acids is 2. The third-order valence-corrected chi connectivity index (χ3v) is 7.32. The largest absolute Gasteiger partial charge is 0.443 e. The average Bonchev–Trinajstić information content (AvgIpc) is 3.61. The van der Waals surface area contributed by atoms with Crippen LogP contribution in [0.25, 0.3) is 0 Å². The van der Waals surface area contributed by atoms with Gasteiger partial charge in [0, 0.05) is 26.6 Å². The van der Waals surface area contributed by atoms with Gasteiger partial charge in [0.2, 0.25) is 5.91 Å². The Morgan fingerprint density at radius 3 is 2.58 bits per heavy atom. The number of carbonyl (C=O) groups is 2. The van der Waals surface area contributed by atoms with E-state index in [1.165, 1.54) is 5.57 Å². The van der Waals surface area contributed by atoms with Crippen molar-refractivity contribution < 1.29 is 28.5 Å². The summed E-state index contributed by atoms with van der Waals surface area (Å²) in [6.07, 6.45) is 4.21. The first-order valence-electron chi connectivity index (χ1n) is 11.4. The molecule has 0 aromatic rings. The summed E-state index contributed by atoms with van der Waals surface area (Å²) in [6, 6.07) is 0.00932. The molecule has 3 heterocycles. The molecule has 1 spiro atoms. The summed E-state index contributed by atoms with van der Waals surface area (Å²) >= 11 is 0. The summed E-state index contributed by atoms with van der Waals surface area (Å²) in [5.41, 5.74) is 0.696. The summed E-state index contributed by atoms with van der Waals surface area (Å²) in [6.45, 7) is 9.80. The van der Waals surface area contributed by atoms with E-state index >= 15 is 0 Å². The maximum absolute atomic E-state index is 12.7. The zero-order valence-electron chi connectivity index (χ0n) is 19.3. The van der Waals surface area contributed by atoms with Gasteiger partial charge in [-0.15, -0.1) is 0 Å². The van der Waals surface area contributed by atoms with Gasteiger partial charge in [-0.25, -0.2) is 4.79 Å². The van der Waals surface area contributed by atoms with Gasteiger partial charge in [0.25, 0.3) is 0 Å². The SMILES string of the molecule is CCC(=O)NC1CN(C(=O)OC2CCC3(CO3)C([C@@]3(C)O[C@@H]3CC=C(C)C)C2OC)C1. The molecule has 4 rings (SSSR count). The van der Waals surface area contributed by atoms with E-state index in [1.807, 2.05) is 6.92 Å². The molecule has 0 aromatic heterocycles. The molecule has 8 nitrogen and oxygen atoms in total. The zero-order chi connectivity index (χ0) is 22.4. The van der Waals surface area contributed by atoms with Crippen molar-refractivity contribution in [2.75, 3.05) is 26.8 Å². The predicted molar refractivity (Wildman–Crippen MR) is 114 cm³/mol. The second-order valence-corrected chi connectivity index (χ2v) is 9.82. The molecular weight excluding hydrogens is 400 g/mol. The highest BCUT2D eigenvalue weighted by Gasteiger charge is 2.72. The van der Waals surface area contributed by atoms with Gasteiger partial charge in [-0.3, -0.25) is 4.79 Å². The number of allylic oxidation sites excluding steroid dienone is 1. The molecule has 4 unspecified atom stereocenters. The molecule has 4 fully saturated rings. The number of methoxy groups -OCH3 is 1. The van der Waals surface area contributed by atoms with Crippen LogP contribution in [-0.2, 0) is 23.7 Å². The number of rotatable bonds is 7. The average molecular weight is 437 g/mol. The quantitative estimate of drug-likeness (QED) is 0.487. The highest BCUT2D eigenvalue weighted by atomic mass is 16.6. The Balaban J connectivity index is 1.38. The van der Waals surface area contributed by atoms with Crippen LogP contribution in [0, 0.1) is 5.92 Å². The van der Waals surface area contributed by atoms with E-state index in [0.29, 0.717) is 32.5 Å². The van der Waals surface area contributed by atoms with Crippen molar-refractivity contribution in [3.8, 4) is 0 Å². The third kappa shape index (κ3) is 4.34. The van der Waals surface area contributed by atoms with E-state index in [1.54, 1.807) is 12.0 Å². The summed E-state index contributed by atoms with van der Waals surface area (Å²) in [7, 11) is 1.68. The number of nitrogens with zero attached hydrogens (tertiary/aromatic N) is 1.